The molecule has 1 saturated heterocycles. The summed E-state index contributed by atoms with van der Waals surface area (Å²) in [6.07, 6.45) is 0. The summed E-state index contributed by atoms with van der Waals surface area (Å²) < 4.78 is 6.05. The molecule has 1 aliphatic heterocycles. The molecule has 28 heavy (non-hydrogen) atoms. The minimum Gasteiger partial charge on any atom is -0.488 e. The lowest BCUT2D eigenvalue weighted by atomic mass is 10.0. The smallest absolute Gasteiger partial charge is 0.332 e. The number of hydrogen-bond acceptors (Lipinski definition) is 3. The van der Waals surface area contributed by atoms with Gasteiger partial charge in [-0.25, -0.2) is 4.79 Å². The molecular weight excluding hydrogens is 376 g/mol. The van der Waals surface area contributed by atoms with Gasteiger partial charge in [-0.3, -0.25) is 14.6 Å². The molecule has 0 unspecified atom stereocenters. The van der Waals surface area contributed by atoms with Crippen LogP contribution in [0.15, 0.2) is 36.4 Å². The fourth-order valence-electron chi connectivity index (χ4n) is 3.32. The van der Waals surface area contributed by atoms with E-state index in [1.54, 1.807) is 24.3 Å². The molecule has 2 aromatic rings. The number of anilines is 1. The van der Waals surface area contributed by atoms with E-state index in [2.05, 4.69) is 0 Å². The van der Waals surface area contributed by atoms with Crippen LogP contribution in [-0.2, 0) is 11.3 Å². The first-order valence-electron chi connectivity index (χ1n) is 9.22. The molecule has 3 rings (SSSR count). The Labute approximate surface area is 170 Å². The van der Waals surface area contributed by atoms with Gasteiger partial charge in [0, 0.05) is 10.7 Å². The quantitative estimate of drug-likeness (QED) is 0.670. The van der Waals surface area contributed by atoms with E-state index >= 15 is 0 Å². The van der Waals surface area contributed by atoms with Crippen molar-refractivity contribution in [2.75, 3.05) is 11.4 Å². The van der Waals surface area contributed by atoms with Gasteiger partial charge in [0.2, 0.25) is 0 Å². The standard InChI is InChI=1S/C22H25ClN2O3/c1-14-9-16(10-15(2)20(14)28-22(3,4)5)12-25-19(26)13-24(21(25)27)18-8-6-7-17(23)11-18/h6-11H,12-13H2,1-5H3. The molecule has 0 bridgehead atoms. The summed E-state index contributed by atoms with van der Waals surface area (Å²) in [6, 6.07) is 10.6. The number of rotatable bonds is 4. The van der Waals surface area contributed by atoms with Crippen LogP contribution in [0, 0.1) is 13.8 Å². The Morgan fingerprint density at radius 1 is 1.07 bits per heavy atom. The number of imide groups is 1. The molecular formula is C22H25ClN2O3. The van der Waals surface area contributed by atoms with Gasteiger partial charge in [-0.05, 0) is 69.5 Å². The lowest BCUT2D eigenvalue weighted by molar-refractivity contribution is -0.125. The molecule has 5 nitrogen and oxygen atoms in total. The van der Waals surface area contributed by atoms with Crippen molar-refractivity contribution in [2.24, 2.45) is 0 Å². The van der Waals surface area contributed by atoms with E-state index in [4.69, 9.17) is 16.3 Å². The van der Waals surface area contributed by atoms with Gasteiger partial charge in [-0.2, -0.15) is 0 Å². The summed E-state index contributed by atoms with van der Waals surface area (Å²) in [7, 11) is 0. The number of carbonyl (C=O) groups is 2. The molecule has 0 atom stereocenters. The highest BCUT2D eigenvalue weighted by atomic mass is 35.5. The predicted octanol–water partition coefficient (Wildman–Crippen LogP) is 5.10. The molecule has 148 valence electrons. The maximum Gasteiger partial charge on any atom is 0.332 e. The Balaban J connectivity index is 1.82. The summed E-state index contributed by atoms with van der Waals surface area (Å²) in [5.41, 5.74) is 3.18. The van der Waals surface area contributed by atoms with E-state index in [-0.39, 0.29) is 30.6 Å². The summed E-state index contributed by atoms with van der Waals surface area (Å²) in [5.74, 6) is 0.617. The number of urea groups is 1. The highest BCUT2D eigenvalue weighted by molar-refractivity contribution is 6.31. The molecule has 0 aromatic heterocycles. The molecule has 3 amide bonds. The van der Waals surface area contributed by atoms with Crippen LogP contribution in [0.5, 0.6) is 5.75 Å². The second-order valence-corrected chi connectivity index (χ2v) is 8.54. The van der Waals surface area contributed by atoms with Gasteiger partial charge >= 0.3 is 6.03 Å². The van der Waals surface area contributed by atoms with Gasteiger partial charge in [0.05, 0.1) is 6.54 Å². The van der Waals surface area contributed by atoms with E-state index in [1.165, 1.54) is 9.80 Å². The average Bonchev–Trinajstić information content (AvgIpc) is 2.86. The molecule has 0 saturated carbocycles. The number of halogens is 1. The second kappa shape index (κ2) is 7.47. The lowest BCUT2D eigenvalue weighted by Crippen LogP contribution is -2.32. The van der Waals surface area contributed by atoms with E-state index in [0.29, 0.717) is 10.7 Å². The first kappa shape index (κ1) is 20.2. The lowest BCUT2D eigenvalue weighted by Gasteiger charge is -2.25. The van der Waals surface area contributed by atoms with Gasteiger partial charge in [-0.1, -0.05) is 29.8 Å². The maximum atomic E-state index is 12.8. The number of hydrogen-bond donors (Lipinski definition) is 0. The maximum absolute atomic E-state index is 12.8. The van der Waals surface area contributed by atoms with E-state index in [1.807, 2.05) is 46.8 Å². The van der Waals surface area contributed by atoms with Crippen molar-refractivity contribution in [1.82, 2.24) is 4.90 Å². The molecule has 0 spiro atoms. The first-order valence-corrected chi connectivity index (χ1v) is 9.59. The van der Waals surface area contributed by atoms with Crippen molar-refractivity contribution in [3.63, 3.8) is 0 Å². The number of amides is 3. The molecule has 1 heterocycles. The Bertz CT molecular complexity index is 911. The normalized spacial score (nSPS) is 14.8. The van der Waals surface area contributed by atoms with Crippen LogP contribution in [0.4, 0.5) is 10.5 Å². The summed E-state index contributed by atoms with van der Waals surface area (Å²) in [6.45, 7) is 10.2. The van der Waals surface area contributed by atoms with Crippen LogP contribution in [0.25, 0.3) is 0 Å². The van der Waals surface area contributed by atoms with Crippen LogP contribution >= 0.6 is 11.6 Å². The Hall–Kier alpha value is -2.53. The van der Waals surface area contributed by atoms with Gasteiger partial charge in [0.15, 0.2) is 0 Å². The molecule has 0 radical (unpaired) electrons. The molecule has 2 aromatic carbocycles. The van der Waals surface area contributed by atoms with Crippen LogP contribution in [-0.4, -0.2) is 29.0 Å². The van der Waals surface area contributed by atoms with Crippen LogP contribution in [0.2, 0.25) is 5.02 Å². The fraction of sp³-hybridized carbons (Fsp3) is 0.364. The highest BCUT2D eigenvalue weighted by Gasteiger charge is 2.37. The van der Waals surface area contributed by atoms with Crippen molar-refractivity contribution in [1.29, 1.82) is 0 Å². The SMILES string of the molecule is Cc1cc(CN2C(=O)CN(c3cccc(Cl)c3)C2=O)cc(C)c1OC(C)(C)C. The number of benzene rings is 2. The Morgan fingerprint density at radius 2 is 1.71 bits per heavy atom. The molecule has 1 fully saturated rings. The zero-order valence-corrected chi connectivity index (χ0v) is 17.6. The van der Waals surface area contributed by atoms with Crippen molar-refractivity contribution in [3.05, 3.63) is 58.1 Å². The average molecular weight is 401 g/mol. The molecule has 0 N–H and O–H groups in total. The number of carbonyl (C=O) groups excluding carboxylic acids is 2. The minimum absolute atomic E-state index is 0.0162. The number of ether oxygens (including phenoxy) is 1. The third kappa shape index (κ3) is 4.30. The van der Waals surface area contributed by atoms with Crippen LogP contribution < -0.4 is 9.64 Å². The molecule has 1 aliphatic rings. The van der Waals surface area contributed by atoms with Gasteiger partial charge < -0.3 is 4.74 Å². The first-order chi connectivity index (χ1) is 13.0. The van der Waals surface area contributed by atoms with E-state index < -0.39 is 0 Å². The highest BCUT2D eigenvalue weighted by Crippen LogP contribution is 2.30. The largest absolute Gasteiger partial charge is 0.488 e. The Kier molecular flexibility index (Phi) is 5.39. The van der Waals surface area contributed by atoms with Gasteiger partial charge in [-0.15, -0.1) is 0 Å². The summed E-state index contributed by atoms with van der Waals surface area (Å²) in [5, 5.41) is 0.525. The molecule has 6 heteroatoms. The monoisotopic (exact) mass is 400 g/mol. The van der Waals surface area contributed by atoms with E-state index in [0.717, 1.165) is 22.4 Å². The minimum atomic E-state index is -0.336. The van der Waals surface area contributed by atoms with Crippen molar-refractivity contribution in [2.45, 2.75) is 46.8 Å². The van der Waals surface area contributed by atoms with Crippen LogP contribution in [0.3, 0.4) is 0 Å². The van der Waals surface area contributed by atoms with Gasteiger partial charge in [0.25, 0.3) is 5.91 Å². The number of aryl methyl sites for hydroxylation is 2. The Morgan fingerprint density at radius 3 is 2.29 bits per heavy atom. The van der Waals surface area contributed by atoms with Gasteiger partial charge in [0.1, 0.15) is 17.9 Å². The molecule has 0 aliphatic carbocycles. The fourth-order valence-corrected chi connectivity index (χ4v) is 3.51. The topological polar surface area (TPSA) is 49.9 Å². The second-order valence-electron chi connectivity index (χ2n) is 8.10. The van der Waals surface area contributed by atoms with Crippen molar-refractivity contribution in [3.8, 4) is 5.75 Å². The summed E-state index contributed by atoms with van der Waals surface area (Å²) >= 11 is 6.02. The van der Waals surface area contributed by atoms with Crippen molar-refractivity contribution >= 4 is 29.2 Å². The number of nitrogens with zero attached hydrogens (tertiary/aromatic N) is 2. The zero-order chi connectivity index (χ0) is 20.6. The predicted molar refractivity (Wildman–Crippen MR) is 111 cm³/mol. The van der Waals surface area contributed by atoms with E-state index in [9.17, 15) is 9.59 Å². The van der Waals surface area contributed by atoms with Crippen LogP contribution in [0.1, 0.15) is 37.5 Å². The van der Waals surface area contributed by atoms with Crippen molar-refractivity contribution < 1.29 is 14.3 Å². The third-order valence-electron chi connectivity index (χ3n) is 4.45. The zero-order valence-electron chi connectivity index (χ0n) is 16.9. The summed E-state index contributed by atoms with van der Waals surface area (Å²) in [4.78, 5) is 28.0. The third-order valence-corrected chi connectivity index (χ3v) is 4.68.